The molecule has 0 aromatic carbocycles. The third-order valence-corrected chi connectivity index (χ3v) is 3.95. The van der Waals surface area contributed by atoms with Gasteiger partial charge in [0.1, 0.15) is 0 Å². The zero-order valence-corrected chi connectivity index (χ0v) is 9.78. The Hall–Kier alpha value is -0.120. The van der Waals surface area contributed by atoms with E-state index in [0.717, 1.165) is 31.5 Å². The van der Waals surface area contributed by atoms with Gasteiger partial charge in [0.2, 0.25) is 0 Å². The Balaban J connectivity index is 1.79. The van der Waals surface area contributed by atoms with Crippen LogP contribution in [0.2, 0.25) is 0 Å². The van der Waals surface area contributed by atoms with E-state index in [4.69, 9.17) is 0 Å². The van der Waals surface area contributed by atoms with Crippen LogP contribution in [-0.4, -0.2) is 48.8 Å². The van der Waals surface area contributed by atoms with Gasteiger partial charge in [0, 0.05) is 12.6 Å². The highest BCUT2D eigenvalue weighted by Gasteiger charge is 2.31. The largest absolute Gasteiger partial charge is 0.392 e. The summed E-state index contributed by atoms with van der Waals surface area (Å²) in [4.78, 5) is 2.52. The van der Waals surface area contributed by atoms with Gasteiger partial charge in [-0.05, 0) is 58.2 Å². The molecule has 1 heterocycles. The van der Waals surface area contributed by atoms with E-state index >= 15 is 0 Å². The maximum atomic E-state index is 9.66. The van der Waals surface area contributed by atoms with Gasteiger partial charge >= 0.3 is 0 Å². The molecule has 2 aliphatic rings. The van der Waals surface area contributed by atoms with Crippen LogP contribution < -0.4 is 5.32 Å². The van der Waals surface area contributed by atoms with Crippen molar-refractivity contribution < 1.29 is 5.11 Å². The fourth-order valence-corrected chi connectivity index (χ4v) is 3.17. The molecule has 2 N–H and O–H groups in total. The van der Waals surface area contributed by atoms with Crippen LogP contribution in [0.4, 0.5) is 0 Å². The summed E-state index contributed by atoms with van der Waals surface area (Å²) in [6, 6.07) is 0.748. The number of aliphatic hydroxyl groups is 1. The van der Waals surface area contributed by atoms with Crippen LogP contribution in [-0.2, 0) is 0 Å². The van der Waals surface area contributed by atoms with Gasteiger partial charge in [0.25, 0.3) is 0 Å². The van der Waals surface area contributed by atoms with Crippen LogP contribution in [0.1, 0.15) is 32.1 Å². The number of β-amino-alcohol motifs (C(OH)–C–C–N with tert-alkyl or cyclic N) is 1. The lowest BCUT2D eigenvalue weighted by molar-refractivity contribution is 0.0469. The van der Waals surface area contributed by atoms with Gasteiger partial charge in [-0.15, -0.1) is 0 Å². The molecule has 0 amide bonds. The second-order valence-corrected chi connectivity index (χ2v) is 5.18. The molecule has 0 radical (unpaired) electrons. The van der Waals surface area contributed by atoms with Gasteiger partial charge in [0.05, 0.1) is 6.10 Å². The first-order valence-corrected chi connectivity index (χ1v) is 6.36. The third-order valence-electron chi connectivity index (χ3n) is 3.95. The SMILES string of the molecule is CNCC1CCC(N2CCCC(O)C2)C1. The van der Waals surface area contributed by atoms with E-state index in [2.05, 4.69) is 10.2 Å². The Kier molecular flexibility index (Phi) is 4.00. The fourth-order valence-electron chi connectivity index (χ4n) is 3.17. The van der Waals surface area contributed by atoms with Crippen molar-refractivity contribution in [3.8, 4) is 0 Å². The average molecular weight is 212 g/mol. The molecule has 0 spiro atoms. The molecule has 1 saturated carbocycles. The molecule has 0 bridgehead atoms. The summed E-state index contributed by atoms with van der Waals surface area (Å²) in [5, 5.41) is 12.9. The van der Waals surface area contributed by atoms with Gasteiger partial charge in [-0.25, -0.2) is 0 Å². The Bertz CT molecular complexity index is 198. The first-order chi connectivity index (χ1) is 7.29. The highest BCUT2D eigenvalue weighted by atomic mass is 16.3. The minimum absolute atomic E-state index is 0.0675. The minimum Gasteiger partial charge on any atom is -0.392 e. The summed E-state index contributed by atoms with van der Waals surface area (Å²) in [5.74, 6) is 0.860. The summed E-state index contributed by atoms with van der Waals surface area (Å²) in [7, 11) is 2.04. The van der Waals surface area contributed by atoms with Crippen LogP contribution in [0, 0.1) is 5.92 Å². The van der Waals surface area contributed by atoms with Gasteiger partial charge in [0.15, 0.2) is 0 Å². The molecule has 3 atom stereocenters. The number of nitrogens with zero attached hydrogens (tertiary/aromatic N) is 1. The van der Waals surface area contributed by atoms with Crippen LogP contribution in [0.15, 0.2) is 0 Å². The van der Waals surface area contributed by atoms with Crippen LogP contribution in [0.5, 0.6) is 0 Å². The number of hydrogen-bond donors (Lipinski definition) is 2. The van der Waals surface area contributed by atoms with Gasteiger partial charge < -0.3 is 10.4 Å². The molecule has 3 unspecified atom stereocenters. The van der Waals surface area contributed by atoms with Crippen LogP contribution in [0.3, 0.4) is 0 Å². The van der Waals surface area contributed by atoms with E-state index in [1.165, 1.54) is 32.2 Å². The molecule has 15 heavy (non-hydrogen) atoms. The molecule has 3 nitrogen and oxygen atoms in total. The van der Waals surface area contributed by atoms with Gasteiger partial charge in [-0.2, -0.15) is 0 Å². The molecule has 2 fully saturated rings. The lowest BCUT2D eigenvalue weighted by Gasteiger charge is -2.34. The molecule has 1 saturated heterocycles. The maximum Gasteiger partial charge on any atom is 0.0667 e. The van der Waals surface area contributed by atoms with Crippen molar-refractivity contribution in [3.05, 3.63) is 0 Å². The molecular weight excluding hydrogens is 188 g/mol. The number of nitrogens with one attached hydrogen (secondary N) is 1. The number of likely N-dealkylation sites (tertiary alicyclic amines) is 1. The predicted molar refractivity (Wildman–Crippen MR) is 61.9 cm³/mol. The first kappa shape index (κ1) is 11.4. The highest BCUT2D eigenvalue weighted by Crippen LogP contribution is 2.30. The standard InChI is InChI=1S/C12H24N2O/c1-13-8-10-4-5-11(7-10)14-6-2-3-12(15)9-14/h10-13,15H,2-9H2,1H3. The van der Waals surface area contributed by atoms with E-state index in [1.54, 1.807) is 0 Å². The molecule has 0 aromatic rings. The van der Waals surface area contributed by atoms with E-state index in [9.17, 15) is 5.11 Å². The van der Waals surface area contributed by atoms with Crippen molar-refractivity contribution in [2.75, 3.05) is 26.7 Å². The second-order valence-electron chi connectivity index (χ2n) is 5.18. The lowest BCUT2D eigenvalue weighted by Crippen LogP contribution is -2.43. The monoisotopic (exact) mass is 212 g/mol. The van der Waals surface area contributed by atoms with Crippen molar-refractivity contribution in [1.29, 1.82) is 0 Å². The van der Waals surface area contributed by atoms with Gasteiger partial charge in [-0.1, -0.05) is 0 Å². The zero-order valence-electron chi connectivity index (χ0n) is 9.78. The van der Waals surface area contributed by atoms with E-state index < -0.39 is 0 Å². The third kappa shape index (κ3) is 2.92. The van der Waals surface area contributed by atoms with Crippen molar-refractivity contribution in [2.45, 2.75) is 44.2 Å². The quantitative estimate of drug-likeness (QED) is 0.727. The molecular formula is C12H24N2O. The van der Waals surface area contributed by atoms with Crippen LogP contribution in [0.25, 0.3) is 0 Å². The Morgan fingerprint density at radius 1 is 1.33 bits per heavy atom. The Morgan fingerprint density at radius 3 is 2.93 bits per heavy atom. The smallest absolute Gasteiger partial charge is 0.0667 e. The fraction of sp³-hybridized carbons (Fsp3) is 1.00. The Labute approximate surface area is 92.8 Å². The Morgan fingerprint density at radius 2 is 2.20 bits per heavy atom. The van der Waals surface area contributed by atoms with Crippen molar-refractivity contribution >= 4 is 0 Å². The van der Waals surface area contributed by atoms with Gasteiger partial charge in [-0.3, -0.25) is 4.90 Å². The number of rotatable bonds is 3. The van der Waals surface area contributed by atoms with Crippen molar-refractivity contribution in [3.63, 3.8) is 0 Å². The highest BCUT2D eigenvalue weighted by molar-refractivity contribution is 4.86. The topological polar surface area (TPSA) is 35.5 Å². The summed E-state index contributed by atoms with van der Waals surface area (Å²) in [6.07, 6.45) is 6.13. The summed E-state index contributed by atoms with van der Waals surface area (Å²) in [5.41, 5.74) is 0. The zero-order chi connectivity index (χ0) is 10.7. The molecule has 2 rings (SSSR count). The second kappa shape index (κ2) is 5.28. The number of hydrogen-bond acceptors (Lipinski definition) is 3. The predicted octanol–water partition coefficient (Wildman–Crippen LogP) is 0.831. The maximum absolute atomic E-state index is 9.66. The van der Waals surface area contributed by atoms with E-state index in [-0.39, 0.29) is 6.10 Å². The van der Waals surface area contributed by atoms with E-state index in [0.29, 0.717) is 0 Å². The summed E-state index contributed by atoms with van der Waals surface area (Å²) >= 11 is 0. The lowest BCUT2D eigenvalue weighted by atomic mass is 10.0. The number of aliphatic hydroxyl groups excluding tert-OH is 1. The molecule has 88 valence electrons. The van der Waals surface area contributed by atoms with Crippen molar-refractivity contribution in [1.82, 2.24) is 10.2 Å². The van der Waals surface area contributed by atoms with E-state index in [1.807, 2.05) is 7.05 Å². The average Bonchev–Trinajstić information content (AvgIpc) is 2.67. The summed E-state index contributed by atoms with van der Waals surface area (Å²) < 4.78 is 0. The molecule has 3 heteroatoms. The van der Waals surface area contributed by atoms with Crippen LogP contribution >= 0.6 is 0 Å². The summed E-state index contributed by atoms with van der Waals surface area (Å²) in [6.45, 7) is 3.28. The van der Waals surface area contributed by atoms with Crippen molar-refractivity contribution in [2.24, 2.45) is 5.92 Å². The number of piperidine rings is 1. The normalized spacial score (nSPS) is 38.4. The first-order valence-electron chi connectivity index (χ1n) is 6.36. The molecule has 1 aliphatic heterocycles. The minimum atomic E-state index is -0.0675. The molecule has 1 aliphatic carbocycles. The molecule has 0 aromatic heterocycles.